The third kappa shape index (κ3) is 3.20. The van der Waals surface area contributed by atoms with E-state index in [1.165, 1.54) is 5.56 Å². The largest absolute Gasteiger partial charge is 0.340 e. The summed E-state index contributed by atoms with van der Waals surface area (Å²) in [5.41, 5.74) is 3.37. The van der Waals surface area contributed by atoms with Crippen LogP contribution in [0.15, 0.2) is 58.0 Å². The van der Waals surface area contributed by atoms with Gasteiger partial charge in [0.1, 0.15) is 5.84 Å². The highest BCUT2D eigenvalue weighted by atomic mass is 79.9. The predicted molar refractivity (Wildman–Crippen MR) is 81.4 cm³/mol. The minimum absolute atomic E-state index is 0.867. The van der Waals surface area contributed by atoms with Gasteiger partial charge in [-0.3, -0.25) is 4.99 Å². The predicted octanol–water partition coefficient (Wildman–Crippen LogP) is 4.25. The minimum Gasteiger partial charge on any atom is -0.340 e. The maximum atomic E-state index is 4.30. The maximum absolute atomic E-state index is 4.30. The standard InChI is InChI=1S/C15H15BrN2/c1-11-3-9-14(10-4-11)18-15(17-2)12-5-7-13(16)8-6-12/h3-10H,1-2H3,(H,17,18). The van der Waals surface area contributed by atoms with Crippen molar-refractivity contribution in [3.05, 3.63) is 64.1 Å². The Morgan fingerprint density at radius 2 is 1.61 bits per heavy atom. The topological polar surface area (TPSA) is 24.4 Å². The van der Waals surface area contributed by atoms with Crippen molar-refractivity contribution in [3.63, 3.8) is 0 Å². The highest BCUT2D eigenvalue weighted by Crippen LogP contribution is 2.14. The van der Waals surface area contributed by atoms with Crippen LogP contribution >= 0.6 is 15.9 Å². The molecule has 0 aliphatic rings. The molecule has 0 saturated heterocycles. The van der Waals surface area contributed by atoms with Crippen LogP contribution in [0.4, 0.5) is 5.69 Å². The molecule has 0 fully saturated rings. The monoisotopic (exact) mass is 302 g/mol. The number of nitrogens with zero attached hydrogens (tertiary/aromatic N) is 1. The van der Waals surface area contributed by atoms with Gasteiger partial charge >= 0.3 is 0 Å². The Labute approximate surface area is 116 Å². The number of anilines is 1. The molecular weight excluding hydrogens is 288 g/mol. The van der Waals surface area contributed by atoms with Crippen molar-refractivity contribution in [1.82, 2.24) is 0 Å². The van der Waals surface area contributed by atoms with E-state index in [1.807, 2.05) is 24.3 Å². The van der Waals surface area contributed by atoms with Crippen molar-refractivity contribution in [2.75, 3.05) is 12.4 Å². The Morgan fingerprint density at radius 3 is 2.17 bits per heavy atom. The van der Waals surface area contributed by atoms with E-state index in [1.54, 1.807) is 7.05 Å². The molecular formula is C15H15BrN2. The number of rotatable bonds is 2. The van der Waals surface area contributed by atoms with Crippen molar-refractivity contribution < 1.29 is 0 Å². The number of halogens is 1. The summed E-state index contributed by atoms with van der Waals surface area (Å²) in [6.07, 6.45) is 0. The lowest BCUT2D eigenvalue weighted by atomic mass is 10.2. The van der Waals surface area contributed by atoms with E-state index in [0.29, 0.717) is 0 Å². The van der Waals surface area contributed by atoms with Gasteiger partial charge in [0.25, 0.3) is 0 Å². The summed E-state index contributed by atoms with van der Waals surface area (Å²) in [6, 6.07) is 16.4. The Hall–Kier alpha value is -1.61. The van der Waals surface area contributed by atoms with Crippen molar-refractivity contribution in [1.29, 1.82) is 0 Å². The molecule has 92 valence electrons. The molecule has 2 nitrogen and oxygen atoms in total. The summed E-state index contributed by atoms with van der Waals surface area (Å²) >= 11 is 3.43. The fourth-order valence-electron chi connectivity index (χ4n) is 1.64. The van der Waals surface area contributed by atoms with Gasteiger partial charge in [-0.25, -0.2) is 0 Å². The van der Waals surface area contributed by atoms with Crippen LogP contribution in [0.1, 0.15) is 11.1 Å². The first kappa shape index (κ1) is 12.8. The summed E-state index contributed by atoms with van der Waals surface area (Å²) in [5.74, 6) is 0.867. The average molecular weight is 303 g/mol. The normalized spacial score (nSPS) is 11.4. The second-order valence-electron chi connectivity index (χ2n) is 4.07. The highest BCUT2D eigenvalue weighted by Gasteiger charge is 2.02. The molecule has 0 spiro atoms. The third-order valence-electron chi connectivity index (χ3n) is 2.66. The van der Waals surface area contributed by atoms with E-state index in [-0.39, 0.29) is 0 Å². The number of nitrogens with one attached hydrogen (secondary N) is 1. The van der Waals surface area contributed by atoms with Crippen molar-refractivity contribution in [3.8, 4) is 0 Å². The van der Waals surface area contributed by atoms with Gasteiger partial charge < -0.3 is 5.32 Å². The van der Waals surface area contributed by atoms with Crippen molar-refractivity contribution >= 4 is 27.5 Å². The maximum Gasteiger partial charge on any atom is 0.132 e. The fraction of sp³-hybridized carbons (Fsp3) is 0.133. The van der Waals surface area contributed by atoms with Gasteiger partial charge in [-0.1, -0.05) is 45.8 Å². The lowest BCUT2D eigenvalue weighted by Crippen LogP contribution is -2.13. The molecule has 2 rings (SSSR count). The van der Waals surface area contributed by atoms with Crippen LogP contribution < -0.4 is 5.32 Å². The zero-order valence-corrected chi connectivity index (χ0v) is 12.0. The molecule has 0 saturated carbocycles. The molecule has 0 unspecified atom stereocenters. The van der Waals surface area contributed by atoms with E-state index in [4.69, 9.17) is 0 Å². The van der Waals surface area contributed by atoms with E-state index < -0.39 is 0 Å². The summed E-state index contributed by atoms with van der Waals surface area (Å²) in [5, 5.41) is 3.33. The SMILES string of the molecule is CN=C(Nc1ccc(C)cc1)c1ccc(Br)cc1. The quantitative estimate of drug-likeness (QED) is 0.651. The number of hydrogen-bond acceptors (Lipinski definition) is 1. The first-order valence-electron chi connectivity index (χ1n) is 5.75. The van der Waals surface area contributed by atoms with Gasteiger partial charge in [0, 0.05) is 22.8 Å². The highest BCUT2D eigenvalue weighted by molar-refractivity contribution is 9.10. The second kappa shape index (κ2) is 5.83. The molecule has 1 N–H and O–H groups in total. The van der Waals surface area contributed by atoms with Crippen LogP contribution in [0.5, 0.6) is 0 Å². The number of aliphatic imine (C=N–C) groups is 1. The smallest absolute Gasteiger partial charge is 0.132 e. The van der Waals surface area contributed by atoms with Gasteiger partial charge in [-0.15, -0.1) is 0 Å². The first-order chi connectivity index (χ1) is 8.69. The zero-order chi connectivity index (χ0) is 13.0. The van der Waals surface area contributed by atoms with Crippen molar-refractivity contribution in [2.45, 2.75) is 6.92 Å². The number of benzene rings is 2. The Morgan fingerprint density at radius 1 is 1.00 bits per heavy atom. The third-order valence-corrected chi connectivity index (χ3v) is 3.18. The van der Waals surface area contributed by atoms with Gasteiger partial charge in [-0.05, 0) is 31.2 Å². The lowest BCUT2D eigenvalue weighted by Gasteiger charge is -2.10. The molecule has 0 aliphatic carbocycles. The Kier molecular flexibility index (Phi) is 4.15. The average Bonchev–Trinajstić information content (AvgIpc) is 2.39. The molecule has 2 aromatic rings. The van der Waals surface area contributed by atoms with Gasteiger partial charge in [0.05, 0.1) is 0 Å². The molecule has 0 aromatic heterocycles. The van der Waals surface area contributed by atoms with Crippen LogP contribution in [0, 0.1) is 6.92 Å². The number of hydrogen-bond donors (Lipinski definition) is 1. The van der Waals surface area contributed by atoms with E-state index >= 15 is 0 Å². The molecule has 2 aromatic carbocycles. The molecule has 3 heteroatoms. The fourth-order valence-corrected chi connectivity index (χ4v) is 1.90. The molecule has 0 bridgehead atoms. The lowest BCUT2D eigenvalue weighted by molar-refractivity contribution is 1.40. The number of aryl methyl sites for hydroxylation is 1. The van der Waals surface area contributed by atoms with Gasteiger partial charge in [-0.2, -0.15) is 0 Å². The van der Waals surface area contributed by atoms with Crippen molar-refractivity contribution in [2.24, 2.45) is 4.99 Å². The summed E-state index contributed by atoms with van der Waals surface area (Å²) in [6.45, 7) is 2.08. The Balaban J connectivity index is 2.20. The van der Waals surface area contributed by atoms with Gasteiger partial charge in [0.2, 0.25) is 0 Å². The minimum atomic E-state index is 0.867. The number of amidine groups is 1. The molecule has 0 aliphatic heterocycles. The zero-order valence-electron chi connectivity index (χ0n) is 10.4. The van der Waals surface area contributed by atoms with Gasteiger partial charge in [0.15, 0.2) is 0 Å². The van der Waals surface area contributed by atoms with E-state index in [9.17, 15) is 0 Å². The van der Waals surface area contributed by atoms with Crippen LogP contribution in [-0.4, -0.2) is 12.9 Å². The summed E-state index contributed by atoms with van der Waals surface area (Å²) < 4.78 is 1.07. The van der Waals surface area contributed by atoms with E-state index in [2.05, 4.69) is 57.4 Å². The molecule has 18 heavy (non-hydrogen) atoms. The van der Waals surface area contributed by atoms with Crippen LogP contribution in [0.3, 0.4) is 0 Å². The summed E-state index contributed by atoms with van der Waals surface area (Å²) in [7, 11) is 1.79. The van der Waals surface area contributed by atoms with Crippen LogP contribution in [0.25, 0.3) is 0 Å². The van der Waals surface area contributed by atoms with E-state index in [0.717, 1.165) is 21.6 Å². The van der Waals surface area contributed by atoms with Crippen LogP contribution in [0.2, 0.25) is 0 Å². The van der Waals surface area contributed by atoms with Crippen LogP contribution in [-0.2, 0) is 0 Å². The molecule has 0 radical (unpaired) electrons. The Bertz CT molecular complexity index is 542. The molecule has 0 amide bonds. The second-order valence-corrected chi connectivity index (χ2v) is 4.99. The first-order valence-corrected chi connectivity index (χ1v) is 6.55. The molecule has 0 atom stereocenters. The summed E-state index contributed by atoms with van der Waals surface area (Å²) in [4.78, 5) is 4.30. The molecule has 0 heterocycles.